The quantitative estimate of drug-likeness (QED) is 0.245. The van der Waals surface area contributed by atoms with E-state index in [4.69, 9.17) is 18.6 Å². The van der Waals surface area contributed by atoms with Crippen LogP contribution in [0.5, 0.6) is 0 Å². The molecule has 1 saturated heterocycles. The maximum absolute atomic E-state index is 15.1. The van der Waals surface area contributed by atoms with Gasteiger partial charge in [-0.2, -0.15) is 0 Å². The molecule has 6 heteroatoms. The van der Waals surface area contributed by atoms with Crippen molar-refractivity contribution in [2.24, 2.45) is 40.4 Å². The number of furan rings is 1. The van der Waals surface area contributed by atoms with Crippen molar-refractivity contribution >= 4 is 12.3 Å². The lowest BCUT2D eigenvalue weighted by Crippen LogP contribution is -2.67. The first-order valence-electron chi connectivity index (χ1n) is 14.6. The number of aldehydes is 1. The highest BCUT2D eigenvalue weighted by Gasteiger charge is 2.87. The number of benzene rings is 1. The van der Waals surface area contributed by atoms with E-state index >= 15 is 4.79 Å². The molecule has 4 fully saturated rings. The molecule has 4 unspecified atom stereocenters. The summed E-state index contributed by atoms with van der Waals surface area (Å²) in [5.74, 6) is 2.22. The fourth-order valence-corrected chi connectivity index (χ4v) is 9.98. The smallest absolute Gasteiger partial charge is 0.318 e. The molecule has 1 aromatic carbocycles. The molecule has 0 radical (unpaired) electrons. The zero-order valence-electron chi connectivity index (χ0n) is 23.1. The number of hydrogen-bond acceptors (Lipinski definition) is 6. The zero-order chi connectivity index (χ0) is 27.0. The van der Waals surface area contributed by atoms with Gasteiger partial charge < -0.3 is 18.6 Å². The number of ether oxygens (including phenoxy) is 3. The molecule has 4 bridgehead atoms. The first kappa shape index (κ1) is 25.3. The summed E-state index contributed by atoms with van der Waals surface area (Å²) in [6, 6.07) is 13.6. The summed E-state index contributed by atoms with van der Waals surface area (Å²) in [6.07, 6.45) is 6.43. The van der Waals surface area contributed by atoms with Gasteiger partial charge in [-0.25, -0.2) is 0 Å². The molecular weight excluding hydrogens is 492 g/mol. The van der Waals surface area contributed by atoms with Gasteiger partial charge in [-0.05, 0) is 66.5 Å². The first-order valence-corrected chi connectivity index (χ1v) is 14.6. The van der Waals surface area contributed by atoms with Crippen LogP contribution in [-0.2, 0) is 31.0 Å². The first-order chi connectivity index (χ1) is 18.9. The standard InChI is InChI=1S/C33H38O6/c1-20(2)27-15-23-16-32(30-36-13-14-37-30)26-11-9-21(3)25(26)17-31(23,28-12-10-24(18-34)39-28)33(27,32)29(35)38-19-22-7-5-4-6-8-22/h4-8,10,12,15,18,20-21,23,25-26,30H,9,11,13-14,16-17,19H2,1-3H3/t21-,23?,25-,26-,31?,32?,33?/m1/s1. The number of esters is 1. The highest BCUT2D eigenvalue weighted by Crippen LogP contribution is 2.84. The zero-order valence-corrected chi connectivity index (χ0v) is 23.1. The van der Waals surface area contributed by atoms with Crippen LogP contribution in [0, 0.1) is 40.4 Å². The second-order valence-corrected chi connectivity index (χ2v) is 12.8. The van der Waals surface area contributed by atoms with E-state index in [-0.39, 0.29) is 30.3 Å². The SMILES string of the molecule is CC(C)C1=CC2CC3(C4OCCO4)[C@@H]4CC[C@@H](C)[C@H]4CC2(c2ccc(C=O)o2)C13C(=O)OCc1ccccc1. The van der Waals surface area contributed by atoms with Gasteiger partial charge in [-0.3, -0.25) is 9.59 Å². The summed E-state index contributed by atoms with van der Waals surface area (Å²) in [4.78, 5) is 26.9. The van der Waals surface area contributed by atoms with Crippen LogP contribution >= 0.6 is 0 Å². The van der Waals surface area contributed by atoms with Crippen molar-refractivity contribution < 1.29 is 28.2 Å². The number of allylic oxidation sites excluding steroid dienone is 1. The molecule has 7 rings (SSSR count). The van der Waals surface area contributed by atoms with Crippen LogP contribution in [0.15, 0.2) is 58.5 Å². The van der Waals surface area contributed by atoms with Crippen LogP contribution in [0.3, 0.4) is 0 Å². The van der Waals surface area contributed by atoms with E-state index in [0.717, 1.165) is 48.9 Å². The largest absolute Gasteiger partial charge is 0.460 e. The third kappa shape index (κ3) is 3.05. The van der Waals surface area contributed by atoms with Gasteiger partial charge in [0.25, 0.3) is 0 Å². The lowest BCUT2D eigenvalue weighted by Gasteiger charge is -2.61. The second kappa shape index (κ2) is 8.90. The molecule has 5 aliphatic rings. The molecule has 206 valence electrons. The fourth-order valence-electron chi connectivity index (χ4n) is 9.98. The van der Waals surface area contributed by atoms with Crippen molar-refractivity contribution in [3.05, 3.63) is 71.2 Å². The van der Waals surface area contributed by atoms with Crippen LogP contribution in [0.1, 0.15) is 68.3 Å². The molecule has 1 aromatic heterocycles. The average molecular weight is 531 g/mol. The van der Waals surface area contributed by atoms with Gasteiger partial charge >= 0.3 is 5.97 Å². The van der Waals surface area contributed by atoms with Crippen LogP contribution in [-0.4, -0.2) is 31.8 Å². The third-order valence-corrected chi connectivity index (χ3v) is 11.1. The lowest BCUT2D eigenvalue weighted by atomic mass is 9.41. The van der Waals surface area contributed by atoms with Crippen LogP contribution in [0.25, 0.3) is 0 Å². The Morgan fingerprint density at radius 2 is 1.85 bits per heavy atom. The molecule has 39 heavy (non-hydrogen) atoms. The summed E-state index contributed by atoms with van der Waals surface area (Å²) < 4.78 is 25.6. The monoisotopic (exact) mass is 530 g/mol. The molecular formula is C33H38O6. The Hall–Kier alpha value is -2.70. The molecule has 0 spiro atoms. The molecule has 6 nitrogen and oxygen atoms in total. The third-order valence-electron chi connectivity index (χ3n) is 11.1. The maximum atomic E-state index is 15.1. The van der Waals surface area contributed by atoms with E-state index in [2.05, 4.69) is 26.8 Å². The van der Waals surface area contributed by atoms with E-state index < -0.39 is 22.5 Å². The van der Waals surface area contributed by atoms with Gasteiger partial charge in [0.05, 0.1) is 18.6 Å². The number of rotatable bonds is 7. The number of carbonyl (C=O) groups excluding carboxylic acids is 2. The molecule has 2 aromatic rings. The molecule has 7 atom stereocenters. The summed E-state index contributed by atoms with van der Waals surface area (Å²) >= 11 is 0. The molecule has 4 aliphatic carbocycles. The second-order valence-electron chi connectivity index (χ2n) is 12.8. The Bertz CT molecular complexity index is 1300. The van der Waals surface area contributed by atoms with Crippen molar-refractivity contribution in [1.82, 2.24) is 0 Å². The van der Waals surface area contributed by atoms with Crippen LogP contribution in [0.4, 0.5) is 0 Å². The summed E-state index contributed by atoms with van der Waals surface area (Å²) in [5, 5.41) is 0. The lowest BCUT2D eigenvalue weighted by molar-refractivity contribution is -0.235. The van der Waals surface area contributed by atoms with Crippen LogP contribution in [0.2, 0.25) is 0 Å². The molecule has 0 N–H and O–H groups in total. The van der Waals surface area contributed by atoms with E-state index in [9.17, 15) is 4.79 Å². The van der Waals surface area contributed by atoms with E-state index in [1.54, 1.807) is 6.07 Å². The van der Waals surface area contributed by atoms with Crippen LogP contribution < -0.4 is 0 Å². The highest BCUT2D eigenvalue weighted by molar-refractivity contribution is 5.88. The van der Waals surface area contributed by atoms with E-state index in [1.165, 1.54) is 0 Å². The Morgan fingerprint density at radius 3 is 2.54 bits per heavy atom. The Morgan fingerprint density at radius 1 is 1.08 bits per heavy atom. The fraction of sp³-hybridized carbons (Fsp3) is 0.576. The molecule has 1 aliphatic heterocycles. The number of carbonyl (C=O) groups is 2. The van der Waals surface area contributed by atoms with Crippen molar-refractivity contribution in [3.8, 4) is 0 Å². The number of fused-ring (bicyclic) bond motifs is 2. The predicted molar refractivity (Wildman–Crippen MR) is 144 cm³/mol. The minimum Gasteiger partial charge on any atom is -0.460 e. The van der Waals surface area contributed by atoms with Crippen molar-refractivity contribution in [1.29, 1.82) is 0 Å². The van der Waals surface area contributed by atoms with Gasteiger partial charge in [-0.1, -0.05) is 69.2 Å². The number of hydrogen-bond donors (Lipinski definition) is 0. The van der Waals surface area contributed by atoms with Gasteiger partial charge in [0.15, 0.2) is 18.3 Å². The molecule has 0 amide bonds. The van der Waals surface area contributed by atoms with E-state index in [1.807, 2.05) is 36.4 Å². The Labute approximate surface area is 230 Å². The van der Waals surface area contributed by atoms with Gasteiger partial charge in [0.2, 0.25) is 0 Å². The summed E-state index contributed by atoms with van der Waals surface area (Å²) in [7, 11) is 0. The van der Waals surface area contributed by atoms with Crippen molar-refractivity contribution in [2.45, 2.75) is 64.8 Å². The minimum atomic E-state index is -1.01. The summed E-state index contributed by atoms with van der Waals surface area (Å²) in [5.41, 5.74) is -0.154. The van der Waals surface area contributed by atoms with Gasteiger partial charge in [0, 0.05) is 5.41 Å². The Kier molecular flexibility index (Phi) is 5.77. The minimum absolute atomic E-state index is 0.0652. The van der Waals surface area contributed by atoms with Crippen molar-refractivity contribution in [2.75, 3.05) is 13.2 Å². The topological polar surface area (TPSA) is 75.0 Å². The molecule has 3 saturated carbocycles. The average Bonchev–Trinajstić information content (AvgIpc) is 3.76. The molecule has 2 heterocycles. The maximum Gasteiger partial charge on any atom is 0.318 e. The van der Waals surface area contributed by atoms with Gasteiger partial charge in [-0.15, -0.1) is 0 Å². The normalized spacial score (nSPS) is 38.7. The predicted octanol–water partition coefficient (Wildman–Crippen LogP) is 6.10. The van der Waals surface area contributed by atoms with E-state index in [0.29, 0.717) is 30.8 Å². The summed E-state index contributed by atoms with van der Waals surface area (Å²) in [6.45, 7) is 7.98. The Balaban J connectivity index is 1.48. The van der Waals surface area contributed by atoms with Crippen molar-refractivity contribution in [3.63, 3.8) is 0 Å². The highest BCUT2D eigenvalue weighted by atomic mass is 16.7. The van der Waals surface area contributed by atoms with Gasteiger partial charge in [0.1, 0.15) is 17.8 Å².